The third-order valence-electron chi connectivity index (χ3n) is 5.74. The van der Waals surface area contributed by atoms with Gasteiger partial charge in [-0.2, -0.15) is 0 Å². The molecule has 0 bridgehead atoms. The maximum atomic E-state index is 3.77. The molecule has 1 N–H and O–H groups in total. The summed E-state index contributed by atoms with van der Waals surface area (Å²) in [4.78, 5) is 2.85. The zero-order valence-electron chi connectivity index (χ0n) is 13.1. The Bertz CT molecular complexity index is 282. The van der Waals surface area contributed by atoms with Gasteiger partial charge in [0.2, 0.25) is 0 Å². The highest BCUT2D eigenvalue weighted by Crippen LogP contribution is 2.49. The van der Waals surface area contributed by atoms with Crippen LogP contribution in [0, 0.1) is 23.7 Å². The molecule has 3 aliphatic rings. The van der Waals surface area contributed by atoms with Gasteiger partial charge in [-0.25, -0.2) is 0 Å². The number of nitrogens with zero attached hydrogens (tertiary/aromatic N) is 1. The molecular weight excluding hydrogens is 232 g/mol. The summed E-state index contributed by atoms with van der Waals surface area (Å²) >= 11 is 0. The summed E-state index contributed by atoms with van der Waals surface area (Å²) in [5.74, 6) is 4.00. The average molecular weight is 264 g/mol. The van der Waals surface area contributed by atoms with Gasteiger partial charge in [0.1, 0.15) is 0 Å². The monoisotopic (exact) mass is 264 g/mol. The predicted molar refractivity (Wildman–Crippen MR) is 81.2 cm³/mol. The van der Waals surface area contributed by atoms with Crippen LogP contribution in [0.2, 0.25) is 0 Å². The fourth-order valence-electron chi connectivity index (χ4n) is 3.96. The number of rotatable bonds is 6. The van der Waals surface area contributed by atoms with Crippen molar-refractivity contribution < 1.29 is 0 Å². The van der Waals surface area contributed by atoms with E-state index in [0.29, 0.717) is 6.04 Å². The van der Waals surface area contributed by atoms with Crippen molar-refractivity contribution >= 4 is 0 Å². The molecule has 0 aromatic carbocycles. The van der Waals surface area contributed by atoms with E-state index in [1.165, 1.54) is 51.7 Å². The minimum Gasteiger partial charge on any atom is -0.311 e. The highest BCUT2D eigenvalue weighted by Gasteiger charge is 2.43. The minimum absolute atomic E-state index is 0.710. The van der Waals surface area contributed by atoms with Crippen molar-refractivity contribution in [2.24, 2.45) is 23.7 Å². The van der Waals surface area contributed by atoms with E-state index in [1.54, 1.807) is 0 Å². The Kier molecular flexibility index (Phi) is 4.19. The largest absolute Gasteiger partial charge is 0.311 e. The molecule has 19 heavy (non-hydrogen) atoms. The molecule has 2 aliphatic carbocycles. The number of piperazine rings is 1. The quantitative estimate of drug-likeness (QED) is 0.793. The van der Waals surface area contributed by atoms with Crippen LogP contribution in [-0.2, 0) is 0 Å². The molecule has 0 radical (unpaired) electrons. The topological polar surface area (TPSA) is 15.3 Å². The zero-order chi connectivity index (χ0) is 13.4. The van der Waals surface area contributed by atoms with Crippen LogP contribution in [0.1, 0.15) is 52.9 Å². The molecule has 2 heteroatoms. The second kappa shape index (κ2) is 5.73. The van der Waals surface area contributed by atoms with E-state index >= 15 is 0 Å². The van der Waals surface area contributed by atoms with Crippen LogP contribution in [0.25, 0.3) is 0 Å². The Labute approximate surface area is 119 Å². The van der Waals surface area contributed by atoms with Crippen molar-refractivity contribution in [2.75, 3.05) is 19.6 Å². The van der Waals surface area contributed by atoms with Crippen molar-refractivity contribution in [1.82, 2.24) is 10.2 Å². The van der Waals surface area contributed by atoms with Gasteiger partial charge in [0.05, 0.1) is 0 Å². The number of hydrogen-bond acceptors (Lipinski definition) is 2. The van der Waals surface area contributed by atoms with Gasteiger partial charge in [-0.15, -0.1) is 0 Å². The van der Waals surface area contributed by atoms with Gasteiger partial charge >= 0.3 is 0 Å². The summed E-state index contributed by atoms with van der Waals surface area (Å²) in [6.07, 6.45) is 7.41. The van der Waals surface area contributed by atoms with Crippen LogP contribution in [-0.4, -0.2) is 36.6 Å². The van der Waals surface area contributed by atoms with E-state index in [4.69, 9.17) is 0 Å². The third kappa shape index (κ3) is 3.33. The Hall–Kier alpha value is -0.0800. The van der Waals surface area contributed by atoms with Gasteiger partial charge in [0.25, 0.3) is 0 Å². The molecule has 0 spiro atoms. The summed E-state index contributed by atoms with van der Waals surface area (Å²) in [5, 5.41) is 3.77. The molecule has 1 aliphatic heterocycles. The lowest BCUT2D eigenvalue weighted by atomic mass is 9.93. The summed E-state index contributed by atoms with van der Waals surface area (Å²) in [7, 11) is 0. The van der Waals surface area contributed by atoms with E-state index in [9.17, 15) is 0 Å². The molecular formula is C17H32N2. The van der Waals surface area contributed by atoms with E-state index in [-0.39, 0.29) is 0 Å². The lowest BCUT2D eigenvalue weighted by molar-refractivity contribution is 0.0837. The van der Waals surface area contributed by atoms with Crippen molar-refractivity contribution in [3.63, 3.8) is 0 Å². The molecule has 3 rings (SSSR count). The molecule has 2 unspecified atom stereocenters. The summed E-state index contributed by atoms with van der Waals surface area (Å²) in [6, 6.07) is 1.50. The fraction of sp³-hybridized carbons (Fsp3) is 1.00. The highest BCUT2D eigenvalue weighted by atomic mass is 15.2. The van der Waals surface area contributed by atoms with Gasteiger partial charge < -0.3 is 5.32 Å². The van der Waals surface area contributed by atoms with Gasteiger partial charge in [-0.1, -0.05) is 20.8 Å². The standard InChI is InChI=1S/C17H32N2/c1-4-15-9-18-17(12(2)3)11-19(15)10-16(13-5-6-13)14-7-8-14/h12-18H,4-11H2,1-3H3. The normalized spacial score (nSPS) is 33.3. The first-order valence-electron chi connectivity index (χ1n) is 8.66. The molecule has 0 amide bonds. The van der Waals surface area contributed by atoms with Crippen molar-refractivity contribution in [2.45, 2.75) is 65.0 Å². The first-order valence-corrected chi connectivity index (χ1v) is 8.66. The smallest absolute Gasteiger partial charge is 0.0218 e. The Morgan fingerprint density at radius 2 is 1.74 bits per heavy atom. The van der Waals surface area contributed by atoms with Crippen molar-refractivity contribution in [1.29, 1.82) is 0 Å². The Morgan fingerprint density at radius 3 is 2.21 bits per heavy atom. The molecule has 2 saturated carbocycles. The molecule has 0 aromatic heterocycles. The van der Waals surface area contributed by atoms with Crippen LogP contribution in [0.4, 0.5) is 0 Å². The lowest BCUT2D eigenvalue weighted by Crippen LogP contribution is -2.58. The fourth-order valence-corrected chi connectivity index (χ4v) is 3.96. The minimum atomic E-state index is 0.710. The SMILES string of the molecule is CCC1CNC(C(C)C)CN1CC(C1CC1)C1CC1. The van der Waals surface area contributed by atoms with Crippen LogP contribution in [0.3, 0.4) is 0 Å². The summed E-state index contributed by atoms with van der Waals surface area (Å²) < 4.78 is 0. The van der Waals surface area contributed by atoms with Crippen LogP contribution < -0.4 is 5.32 Å². The maximum absolute atomic E-state index is 3.77. The molecule has 2 nitrogen and oxygen atoms in total. The summed E-state index contributed by atoms with van der Waals surface area (Å²) in [6.45, 7) is 11.0. The molecule has 1 heterocycles. The Balaban J connectivity index is 1.61. The Morgan fingerprint density at radius 1 is 1.11 bits per heavy atom. The lowest BCUT2D eigenvalue weighted by Gasteiger charge is -2.43. The van der Waals surface area contributed by atoms with Gasteiger partial charge in [0, 0.05) is 31.7 Å². The second-order valence-electron chi connectivity index (χ2n) is 7.61. The third-order valence-corrected chi connectivity index (χ3v) is 5.74. The van der Waals surface area contributed by atoms with Gasteiger partial charge in [0.15, 0.2) is 0 Å². The van der Waals surface area contributed by atoms with Crippen molar-refractivity contribution in [3.05, 3.63) is 0 Å². The van der Waals surface area contributed by atoms with Gasteiger partial charge in [-0.05, 0) is 55.8 Å². The molecule has 3 fully saturated rings. The van der Waals surface area contributed by atoms with E-state index in [1.807, 2.05) is 0 Å². The van der Waals surface area contributed by atoms with E-state index < -0.39 is 0 Å². The van der Waals surface area contributed by atoms with Crippen molar-refractivity contribution in [3.8, 4) is 0 Å². The van der Waals surface area contributed by atoms with Gasteiger partial charge in [-0.3, -0.25) is 4.90 Å². The van der Waals surface area contributed by atoms with E-state index in [0.717, 1.165) is 29.7 Å². The molecule has 2 atom stereocenters. The average Bonchev–Trinajstić information content (AvgIpc) is 3.29. The first-order chi connectivity index (χ1) is 9.19. The maximum Gasteiger partial charge on any atom is 0.0218 e. The zero-order valence-corrected chi connectivity index (χ0v) is 13.1. The molecule has 1 saturated heterocycles. The van der Waals surface area contributed by atoms with Crippen LogP contribution in [0.15, 0.2) is 0 Å². The predicted octanol–water partition coefficient (Wildman–Crippen LogP) is 3.13. The number of hydrogen-bond donors (Lipinski definition) is 1. The summed E-state index contributed by atoms with van der Waals surface area (Å²) in [5.41, 5.74) is 0. The second-order valence-corrected chi connectivity index (χ2v) is 7.61. The molecule has 0 aromatic rings. The van der Waals surface area contributed by atoms with E-state index in [2.05, 4.69) is 31.0 Å². The van der Waals surface area contributed by atoms with Crippen LogP contribution in [0.5, 0.6) is 0 Å². The molecule has 110 valence electrons. The highest BCUT2D eigenvalue weighted by molar-refractivity contribution is 4.95. The number of nitrogens with one attached hydrogen (secondary N) is 1. The van der Waals surface area contributed by atoms with Crippen LogP contribution >= 0.6 is 0 Å². The first kappa shape index (κ1) is 13.9.